The number of urea groups is 1. The summed E-state index contributed by atoms with van der Waals surface area (Å²) in [5.74, 6) is -0.789. The van der Waals surface area contributed by atoms with Gasteiger partial charge < -0.3 is 5.32 Å². The van der Waals surface area contributed by atoms with E-state index < -0.39 is 18.0 Å². The molecule has 0 aromatic heterocycles. The van der Waals surface area contributed by atoms with Gasteiger partial charge in [0.05, 0.1) is 0 Å². The molecule has 2 aromatic carbocycles. The van der Waals surface area contributed by atoms with Gasteiger partial charge in [0.15, 0.2) is 0 Å². The molecule has 0 aliphatic carbocycles. The highest BCUT2D eigenvalue weighted by Crippen LogP contribution is 2.26. The van der Waals surface area contributed by atoms with Crippen LogP contribution < -0.4 is 10.2 Å². The lowest BCUT2D eigenvalue weighted by Gasteiger charge is -2.19. The maximum Gasteiger partial charge on any atom is 0.332 e. The van der Waals surface area contributed by atoms with E-state index >= 15 is 0 Å². The van der Waals surface area contributed by atoms with Gasteiger partial charge in [-0.15, -0.1) is 0 Å². The van der Waals surface area contributed by atoms with Crippen molar-refractivity contribution in [1.82, 2.24) is 4.90 Å². The number of amides is 4. The third-order valence-corrected chi connectivity index (χ3v) is 4.40. The highest BCUT2D eigenvalue weighted by molar-refractivity contribution is 6.16. The zero-order valence-corrected chi connectivity index (χ0v) is 15.0. The van der Waals surface area contributed by atoms with E-state index in [0.717, 1.165) is 16.0 Å². The molecule has 0 bridgehead atoms. The van der Waals surface area contributed by atoms with Gasteiger partial charge in [0, 0.05) is 11.4 Å². The molecular weight excluding hydrogens is 330 g/mol. The molecule has 1 heterocycles. The van der Waals surface area contributed by atoms with Crippen LogP contribution in [-0.4, -0.2) is 35.3 Å². The van der Waals surface area contributed by atoms with Gasteiger partial charge >= 0.3 is 6.03 Å². The van der Waals surface area contributed by atoms with Gasteiger partial charge in [-0.3, -0.25) is 19.4 Å². The number of imide groups is 1. The number of hydrogen-bond acceptors (Lipinski definition) is 3. The summed E-state index contributed by atoms with van der Waals surface area (Å²) in [6.45, 7) is 5.26. The Kier molecular flexibility index (Phi) is 4.75. The summed E-state index contributed by atoms with van der Waals surface area (Å²) in [5.41, 5.74) is 3.41. The molecule has 0 saturated carbocycles. The molecule has 3 rings (SSSR count). The molecule has 1 aliphatic rings. The molecule has 134 valence electrons. The van der Waals surface area contributed by atoms with Crippen LogP contribution in [0.3, 0.4) is 0 Å². The molecule has 1 unspecified atom stereocenters. The van der Waals surface area contributed by atoms with Crippen LogP contribution in [-0.2, 0) is 9.59 Å². The smallest absolute Gasteiger partial charge is 0.325 e. The van der Waals surface area contributed by atoms with Gasteiger partial charge in [-0.25, -0.2) is 4.79 Å². The van der Waals surface area contributed by atoms with Crippen LogP contribution in [0.1, 0.15) is 18.1 Å². The SMILES string of the molecule is Cc1ccc(NC(=O)CN2C(=O)C(C)N(c3ccc(C)cc3)C2=O)cc1. The standard InChI is InChI=1S/C20H21N3O3/c1-13-4-8-16(9-5-13)21-18(24)12-22-19(25)15(3)23(20(22)26)17-10-6-14(2)7-11-17/h4-11,15H,12H2,1-3H3,(H,21,24). The van der Waals surface area contributed by atoms with E-state index in [4.69, 9.17) is 0 Å². The Balaban J connectivity index is 1.72. The fourth-order valence-corrected chi connectivity index (χ4v) is 2.89. The Morgan fingerprint density at radius 2 is 1.50 bits per heavy atom. The Hall–Kier alpha value is -3.15. The van der Waals surface area contributed by atoms with E-state index in [-0.39, 0.29) is 12.5 Å². The number of aryl methyl sites for hydroxylation is 2. The number of nitrogens with one attached hydrogen (secondary N) is 1. The van der Waals surface area contributed by atoms with Crippen molar-refractivity contribution in [3.8, 4) is 0 Å². The summed E-state index contributed by atoms with van der Waals surface area (Å²) in [7, 11) is 0. The van der Waals surface area contributed by atoms with Crippen LogP contribution in [0.4, 0.5) is 16.2 Å². The Morgan fingerprint density at radius 1 is 0.962 bits per heavy atom. The van der Waals surface area contributed by atoms with Crippen LogP contribution in [0.15, 0.2) is 48.5 Å². The molecule has 1 aliphatic heterocycles. The minimum atomic E-state index is -0.641. The minimum absolute atomic E-state index is 0.307. The van der Waals surface area contributed by atoms with Crippen molar-refractivity contribution >= 4 is 29.2 Å². The van der Waals surface area contributed by atoms with Gasteiger partial charge in [0.1, 0.15) is 12.6 Å². The first-order valence-corrected chi connectivity index (χ1v) is 8.44. The van der Waals surface area contributed by atoms with Gasteiger partial charge in [0.25, 0.3) is 5.91 Å². The third-order valence-electron chi connectivity index (χ3n) is 4.40. The second-order valence-corrected chi connectivity index (χ2v) is 6.50. The molecule has 6 heteroatoms. The predicted molar refractivity (Wildman–Crippen MR) is 100 cm³/mol. The summed E-state index contributed by atoms with van der Waals surface area (Å²) in [6, 6.07) is 13.6. The van der Waals surface area contributed by atoms with Gasteiger partial charge in [-0.2, -0.15) is 0 Å². The normalized spacial score (nSPS) is 17.0. The molecule has 6 nitrogen and oxygen atoms in total. The van der Waals surface area contributed by atoms with Gasteiger partial charge in [-0.1, -0.05) is 35.4 Å². The third kappa shape index (κ3) is 3.44. The summed E-state index contributed by atoms with van der Waals surface area (Å²) in [6.07, 6.45) is 0. The first kappa shape index (κ1) is 17.7. The lowest BCUT2D eigenvalue weighted by molar-refractivity contribution is -0.130. The number of carbonyl (C=O) groups excluding carboxylic acids is 3. The first-order valence-electron chi connectivity index (χ1n) is 8.44. The van der Waals surface area contributed by atoms with Gasteiger partial charge in [-0.05, 0) is 45.0 Å². The van der Waals surface area contributed by atoms with Crippen molar-refractivity contribution in [2.75, 3.05) is 16.8 Å². The van der Waals surface area contributed by atoms with Crippen molar-refractivity contribution < 1.29 is 14.4 Å². The minimum Gasteiger partial charge on any atom is -0.325 e. The quantitative estimate of drug-likeness (QED) is 0.861. The van der Waals surface area contributed by atoms with E-state index in [9.17, 15) is 14.4 Å². The zero-order valence-electron chi connectivity index (χ0n) is 15.0. The van der Waals surface area contributed by atoms with Crippen molar-refractivity contribution in [2.45, 2.75) is 26.8 Å². The van der Waals surface area contributed by atoms with E-state index in [1.807, 2.05) is 38.1 Å². The van der Waals surface area contributed by atoms with Crippen LogP contribution in [0, 0.1) is 13.8 Å². The molecule has 4 amide bonds. The summed E-state index contributed by atoms with van der Waals surface area (Å²) < 4.78 is 0. The summed E-state index contributed by atoms with van der Waals surface area (Å²) >= 11 is 0. The average Bonchev–Trinajstić information content (AvgIpc) is 2.82. The van der Waals surface area contributed by atoms with Crippen LogP contribution in [0.2, 0.25) is 0 Å². The number of benzene rings is 2. The number of carbonyl (C=O) groups is 3. The lowest BCUT2D eigenvalue weighted by Crippen LogP contribution is -2.39. The molecule has 1 atom stereocenters. The molecular formula is C20H21N3O3. The maximum atomic E-state index is 12.7. The Labute approximate surface area is 152 Å². The number of anilines is 2. The van der Waals surface area contributed by atoms with Crippen molar-refractivity contribution in [2.24, 2.45) is 0 Å². The predicted octanol–water partition coefficient (Wildman–Crippen LogP) is 3.10. The fourth-order valence-electron chi connectivity index (χ4n) is 2.89. The maximum absolute atomic E-state index is 12.7. The van der Waals surface area contributed by atoms with E-state index in [0.29, 0.717) is 11.4 Å². The van der Waals surface area contributed by atoms with Crippen molar-refractivity contribution in [1.29, 1.82) is 0 Å². The highest BCUT2D eigenvalue weighted by Gasteiger charge is 2.43. The fraction of sp³-hybridized carbons (Fsp3) is 0.250. The molecule has 0 radical (unpaired) electrons. The first-order chi connectivity index (χ1) is 12.4. The monoisotopic (exact) mass is 351 g/mol. The number of hydrogen-bond donors (Lipinski definition) is 1. The largest absolute Gasteiger partial charge is 0.332 e. The molecule has 26 heavy (non-hydrogen) atoms. The molecule has 1 N–H and O–H groups in total. The van der Waals surface area contributed by atoms with Crippen LogP contribution in [0.5, 0.6) is 0 Å². The Morgan fingerprint density at radius 3 is 2.08 bits per heavy atom. The van der Waals surface area contributed by atoms with Crippen LogP contribution >= 0.6 is 0 Å². The summed E-state index contributed by atoms with van der Waals surface area (Å²) in [5, 5.41) is 2.71. The topological polar surface area (TPSA) is 69.7 Å². The van der Waals surface area contributed by atoms with Crippen LogP contribution in [0.25, 0.3) is 0 Å². The number of nitrogens with zero attached hydrogens (tertiary/aromatic N) is 2. The molecule has 0 spiro atoms. The Bertz CT molecular complexity index is 844. The second-order valence-electron chi connectivity index (χ2n) is 6.50. The van der Waals surface area contributed by atoms with E-state index in [1.54, 1.807) is 31.2 Å². The lowest BCUT2D eigenvalue weighted by atomic mass is 10.2. The molecule has 1 fully saturated rings. The molecule has 2 aromatic rings. The van der Waals surface area contributed by atoms with Gasteiger partial charge in [0.2, 0.25) is 5.91 Å². The molecule has 1 saturated heterocycles. The summed E-state index contributed by atoms with van der Waals surface area (Å²) in [4.78, 5) is 39.9. The van der Waals surface area contributed by atoms with Crippen molar-refractivity contribution in [3.05, 3.63) is 59.7 Å². The zero-order chi connectivity index (χ0) is 18.8. The average molecular weight is 351 g/mol. The second kappa shape index (κ2) is 7.00. The number of rotatable bonds is 4. The van der Waals surface area contributed by atoms with Crippen molar-refractivity contribution in [3.63, 3.8) is 0 Å². The highest BCUT2D eigenvalue weighted by atomic mass is 16.2. The van der Waals surface area contributed by atoms with E-state index in [1.165, 1.54) is 4.90 Å². The van der Waals surface area contributed by atoms with E-state index in [2.05, 4.69) is 5.32 Å².